The standard InChI is InChI=1S/C17H20ClN3/c18-15-12-19-10-9-14(15)16-7-4-8-17(21-16)20-11-13-5-2-1-3-6-13/h4,7-10,12-13H,1-3,5-6,11H2,(H,20,21). The summed E-state index contributed by atoms with van der Waals surface area (Å²) in [4.78, 5) is 8.68. The molecular formula is C17H20ClN3. The molecule has 1 N–H and O–H groups in total. The smallest absolute Gasteiger partial charge is 0.126 e. The molecule has 0 spiro atoms. The van der Waals surface area contributed by atoms with Gasteiger partial charge >= 0.3 is 0 Å². The summed E-state index contributed by atoms with van der Waals surface area (Å²) in [6, 6.07) is 7.91. The monoisotopic (exact) mass is 301 g/mol. The highest BCUT2D eigenvalue weighted by Gasteiger charge is 2.13. The zero-order valence-corrected chi connectivity index (χ0v) is 12.8. The molecule has 0 unspecified atom stereocenters. The number of pyridine rings is 2. The van der Waals surface area contributed by atoms with E-state index in [1.807, 2.05) is 24.3 Å². The summed E-state index contributed by atoms with van der Waals surface area (Å²) in [5, 5.41) is 4.11. The molecule has 21 heavy (non-hydrogen) atoms. The highest BCUT2D eigenvalue weighted by atomic mass is 35.5. The molecule has 110 valence electrons. The highest BCUT2D eigenvalue weighted by Crippen LogP contribution is 2.27. The van der Waals surface area contributed by atoms with E-state index in [2.05, 4.69) is 15.3 Å². The van der Waals surface area contributed by atoms with Crippen molar-refractivity contribution in [1.82, 2.24) is 9.97 Å². The topological polar surface area (TPSA) is 37.8 Å². The van der Waals surface area contributed by atoms with Gasteiger partial charge in [-0.3, -0.25) is 4.98 Å². The molecule has 1 aliphatic carbocycles. The molecule has 2 heterocycles. The highest BCUT2D eigenvalue weighted by molar-refractivity contribution is 6.33. The molecular weight excluding hydrogens is 282 g/mol. The van der Waals surface area contributed by atoms with Crippen LogP contribution in [-0.4, -0.2) is 16.5 Å². The average molecular weight is 302 g/mol. The Morgan fingerprint density at radius 2 is 2.00 bits per heavy atom. The Labute approximate surface area is 130 Å². The molecule has 4 heteroatoms. The van der Waals surface area contributed by atoms with E-state index >= 15 is 0 Å². The first-order chi connectivity index (χ1) is 10.3. The van der Waals surface area contributed by atoms with E-state index in [1.54, 1.807) is 12.4 Å². The Bertz CT molecular complexity index is 594. The fraction of sp³-hybridized carbons (Fsp3) is 0.412. The average Bonchev–Trinajstić information content (AvgIpc) is 2.55. The summed E-state index contributed by atoms with van der Waals surface area (Å²) >= 11 is 6.19. The first kappa shape index (κ1) is 14.3. The molecule has 3 rings (SSSR count). The van der Waals surface area contributed by atoms with Gasteiger partial charge in [-0.2, -0.15) is 0 Å². The third-order valence-electron chi connectivity index (χ3n) is 4.09. The van der Waals surface area contributed by atoms with Gasteiger partial charge in [0.05, 0.1) is 10.7 Å². The number of nitrogens with zero attached hydrogens (tertiary/aromatic N) is 2. The van der Waals surface area contributed by atoms with Crippen molar-refractivity contribution in [2.75, 3.05) is 11.9 Å². The van der Waals surface area contributed by atoms with Crippen LogP contribution in [0.2, 0.25) is 5.02 Å². The van der Waals surface area contributed by atoms with Crippen LogP contribution in [0.3, 0.4) is 0 Å². The van der Waals surface area contributed by atoms with E-state index in [-0.39, 0.29) is 0 Å². The Kier molecular flexibility index (Phi) is 4.71. The summed E-state index contributed by atoms with van der Waals surface area (Å²) in [6.45, 7) is 1.01. The van der Waals surface area contributed by atoms with Crippen molar-refractivity contribution in [2.24, 2.45) is 5.92 Å². The number of anilines is 1. The summed E-state index contributed by atoms with van der Waals surface area (Å²) in [5.41, 5.74) is 1.81. The predicted octanol–water partition coefficient (Wildman–Crippen LogP) is 4.79. The van der Waals surface area contributed by atoms with Gasteiger partial charge in [0, 0.05) is 24.5 Å². The van der Waals surface area contributed by atoms with Crippen LogP contribution in [0.1, 0.15) is 32.1 Å². The molecule has 3 nitrogen and oxygen atoms in total. The zero-order valence-electron chi connectivity index (χ0n) is 12.1. The quantitative estimate of drug-likeness (QED) is 0.882. The van der Waals surface area contributed by atoms with Gasteiger partial charge in [0.15, 0.2) is 0 Å². The van der Waals surface area contributed by atoms with Crippen LogP contribution in [0.25, 0.3) is 11.3 Å². The van der Waals surface area contributed by atoms with Crippen molar-refractivity contribution in [2.45, 2.75) is 32.1 Å². The van der Waals surface area contributed by atoms with Crippen LogP contribution in [-0.2, 0) is 0 Å². The van der Waals surface area contributed by atoms with E-state index in [4.69, 9.17) is 11.6 Å². The number of hydrogen-bond acceptors (Lipinski definition) is 3. The normalized spacial score (nSPS) is 15.9. The third-order valence-corrected chi connectivity index (χ3v) is 4.40. The SMILES string of the molecule is Clc1cnccc1-c1cccc(NCC2CCCCC2)n1. The second kappa shape index (κ2) is 6.90. The lowest BCUT2D eigenvalue weighted by Crippen LogP contribution is -2.17. The van der Waals surface area contributed by atoms with Gasteiger partial charge < -0.3 is 5.32 Å². The van der Waals surface area contributed by atoms with Gasteiger partial charge in [-0.15, -0.1) is 0 Å². The molecule has 0 radical (unpaired) electrons. The molecule has 0 atom stereocenters. The lowest BCUT2D eigenvalue weighted by molar-refractivity contribution is 0.373. The van der Waals surface area contributed by atoms with E-state index in [9.17, 15) is 0 Å². The summed E-state index contributed by atoms with van der Waals surface area (Å²) in [6.07, 6.45) is 10.2. The minimum atomic E-state index is 0.634. The summed E-state index contributed by atoms with van der Waals surface area (Å²) < 4.78 is 0. The lowest BCUT2D eigenvalue weighted by atomic mass is 9.89. The van der Waals surface area contributed by atoms with Crippen LogP contribution in [0.5, 0.6) is 0 Å². The Morgan fingerprint density at radius 3 is 2.81 bits per heavy atom. The van der Waals surface area contributed by atoms with Crippen molar-refractivity contribution < 1.29 is 0 Å². The van der Waals surface area contributed by atoms with E-state index in [0.717, 1.165) is 29.5 Å². The minimum absolute atomic E-state index is 0.634. The largest absolute Gasteiger partial charge is 0.370 e. The fourth-order valence-corrected chi connectivity index (χ4v) is 3.12. The Morgan fingerprint density at radius 1 is 1.14 bits per heavy atom. The molecule has 0 aliphatic heterocycles. The molecule has 0 aromatic carbocycles. The van der Waals surface area contributed by atoms with Crippen molar-refractivity contribution in [3.8, 4) is 11.3 Å². The molecule has 1 aliphatic rings. The fourth-order valence-electron chi connectivity index (χ4n) is 2.91. The molecule has 2 aromatic rings. The maximum Gasteiger partial charge on any atom is 0.126 e. The molecule has 0 saturated heterocycles. The number of aromatic nitrogens is 2. The lowest BCUT2D eigenvalue weighted by Gasteiger charge is -2.22. The molecule has 2 aromatic heterocycles. The predicted molar refractivity (Wildman–Crippen MR) is 87.5 cm³/mol. The number of halogens is 1. The minimum Gasteiger partial charge on any atom is -0.370 e. The molecule has 1 fully saturated rings. The van der Waals surface area contributed by atoms with E-state index in [1.165, 1.54) is 32.1 Å². The van der Waals surface area contributed by atoms with Crippen molar-refractivity contribution in [3.63, 3.8) is 0 Å². The van der Waals surface area contributed by atoms with Gasteiger partial charge in [-0.05, 0) is 37.0 Å². The van der Waals surface area contributed by atoms with E-state index in [0.29, 0.717) is 5.02 Å². The van der Waals surface area contributed by atoms with Crippen molar-refractivity contribution in [3.05, 3.63) is 41.7 Å². The van der Waals surface area contributed by atoms with Crippen LogP contribution < -0.4 is 5.32 Å². The molecule has 1 saturated carbocycles. The maximum atomic E-state index is 6.19. The van der Waals surface area contributed by atoms with E-state index < -0.39 is 0 Å². The number of rotatable bonds is 4. The van der Waals surface area contributed by atoms with Gasteiger partial charge in [-0.25, -0.2) is 4.98 Å². The zero-order chi connectivity index (χ0) is 14.5. The Hall–Kier alpha value is -1.61. The van der Waals surface area contributed by atoms with Gasteiger partial charge in [-0.1, -0.05) is 36.9 Å². The van der Waals surface area contributed by atoms with Crippen LogP contribution in [0.15, 0.2) is 36.7 Å². The first-order valence-corrected chi connectivity index (χ1v) is 8.01. The molecule has 0 bridgehead atoms. The van der Waals surface area contributed by atoms with Gasteiger partial charge in [0.2, 0.25) is 0 Å². The van der Waals surface area contributed by atoms with Crippen LogP contribution in [0, 0.1) is 5.92 Å². The van der Waals surface area contributed by atoms with Gasteiger partial charge in [0.25, 0.3) is 0 Å². The molecule has 0 amide bonds. The van der Waals surface area contributed by atoms with Gasteiger partial charge in [0.1, 0.15) is 5.82 Å². The Balaban J connectivity index is 1.70. The third kappa shape index (κ3) is 3.73. The van der Waals surface area contributed by atoms with Crippen molar-refractivity contribution >= 4 is 17.4 Å². The summed E-state index contributed by atoms with van der Waals surface area (Å²) in [7, 11) is 0. The maximum absolute atomic E-state index is 6.19. The summed E-state index contributed by atoms with van der Waals surface area (Å²) in [5.74, 6) is 1.71. The second-order valence-electron chi connectivity index (χ2n) is 5.65. The van der Waals surface area contributed by atoms with Crippen LogP contribution >= 0.6 is 11.6 Å². The van der Waals surface area contributed by atoms with Crippen molar-refractivity contribution in [1.29, 1.82) is 0 Å². The number of nitrogens with one attached hydrogen (secondary N) is 1. The first-order valence-electron chi connectivity index (χ1n) is 7.64. The van der Waals surface area contributed by atoms with Crippen LogP contribution in [0.4, 0.5) is 5.82 Å². The second-order valence-corrected chi connectivity index (χ2v) is 6.06. The number of hydrogen-bond donors (Lipinski definition) is 1.